The van der Waals surface area contributed by atoms with Gasteiger partial charge in [-0.25, -0.2) is 0 Å². The van der Waals surface area contributed by atoms with Crippen molar-refractivity contribution >= 4 is 11.8 Å². The molecule has 1 aromatic rings. The van der Waals surface area contributed by atoms with Crippen LogP contribution in [0, 0.1) is 6.92 Å². The topological polar surface area (TPSA) is 67.4 Å². The molecule has 21 heavy (non-hydrogen) atoms. The van der Waals surface area contributed by atoms with Crippen LogP contribution >= 0.6 is 0 Å². The molecule has 0 saturated heterocycles. The van der Waals surface area contributed by atoms with E-state index in [0.29, 0.717) is 12.2 Å². The minimum atomic E-state index is -0.375. The molecule has 5 heteroatoms. The van der Waals surface area contributed by atoms with Gasteiger partial charge in [0.15, 0.2) is 6.61 Å². The number of ether oxygens (including phenoxy) is 1. The lowest BCUT2D eigenvalue weighted by Crippen LogP contribution is -2.43. The highest BCUT2D eigenvalue weighted by Crippen LogP contribution is 2.15. The molecule has 0 fully saturated rings. The first kappa shape index (κ1) is 17.0. The number of carbonyl (C=O) groups excluding carboxylic acids is 2. The average Bonchev–Trinajstić information content (AvgIpc) is 2.48. The molecule has 1 rings (SSSR count). The van der Waals surface area contributed by atoms with Crippen LogP contribution in [0.4, 0.5) is 0 Å². The van der Waals surface area contributed by atoms with Gasteiger partial charge in [0.05, 0.1) is 0 Å². The highest BCUT2D eigenvalue weighted by molar-refractivity contribution is 5.82. The van der Waals surface area contributed by atoms with Crippen LogP contribution in [0.2, 0.25) is 0 Å². The lowest BCUT2D eigenvalue weighted by molar-refractivity contribution is -0.130. The molecule has 0 heterocycles. The van der Waals surface area contributed by atoms with Gasteiger partial charge in [0, 0.05) is 6.42 Å². The fourth-order valence-corrected chi connectivity index (χ4v) is 1.81. The number of unbranched alkanes of at least 4 members (excludes halogenated alkanes) is 3. The van der Waals surface area contributed by atoms with E-state index in [1.165, 1.54) is 0 Å². The first-order chi connectivity index (χ1) is 10.1. The predicted octanol–water partition coefficient (Wildman–Crippen LogP) is 2.49. The highest BCUT2D eigenvalue weighted by atomic mass is 16.5. The first-order valence-corrected chi connectivity index (χ1v) is 7.39. The molecule has 2 amide bonds. The summed E-state index contributed by atoms with van der Waals surface area (Å²) in [6, 6.07) is 7.46. The molecule has 0 radical (unpaired) electrons. The number of para-hydroxylation sites is 1. The third-order valence-corrected chi connectivity index (χ3v) is 3.05. The van der Waals surface area contributed by atoms with E-state index in [-0.39, 0.29) is 18.4 Å². The van der Waals surface area contributed by atoms with E-state index in [1.807, 2.05) is 25.1 Å². The largest absolute Gasteiger partial charge is 0.483 e. The zero-order chi connectivity index (χ0) is 15.5. The molecule has 0 aliphatic rings. The van der Waals surface area contributed by atoms with Crippen LogP contribution in [0.5, 0.6) is 5.75 Å². The Bertz CT molecular complexity index is 461. The zero-order valence-corrected chi connectivity index (χ0v) is 12.8. The molecule has 0 bridgehead atoms. The Labute approximate surface area is 126 Å². The predicted molar refractivity (Wildman–Crippen MR) is 81.7 cm³/mol. The van der Waals surface area contributed by atoms with Gasteiger partial charge in [0.25, 0.3) is 5.91 Å². The van der Waals surface area contributed by atoms with Gasteiger partial charge in [0.1, 0.15) is 5.75 Å². The fraction of sp³-hybridized carbons (Fsp3) is 0.500. The summed E-state index contributed by atoms with van der Waals surface area (Å²) in [7, 11) is 0. The second-order valence-corrected chi connectivity index (χ2v) is 4.96. The molecule has 0 aromatic heterocycles. The zero-order valence-electron chi connectivity index (χ0n) is 12.8. The Morgan fingerprint density at radius 2 is 1.76 bits per heavy atom. The third-order valence-electron chi connectivity index (χ3n) is 3.05. The summed E-state index contributed by atoms with van der Waals surface area (Å²) >= 11 is 0. The smallest absolute Gasteiger partial charge is 0.276 e. The van der Waals surface area contributed by atoms with Crippen LogP contribution < -0.4 is 15.6 Å². The number of hydrogen-bond acceptors (Lipinski definition) is 3. The molecule has 116 valence electrons. The minimum Gasteiger partial charge on any atom is -0.483 e. The van der Waals surface area contributed by atoms with Crippen LogP contribution in [0.15, 0.2) is 24.3 Å². The maximum Gasteiger partial charge on any atom is 0.276 e. The van der Waals surface area contributed by atoms with Gasteiger partial charge in [-0.05, 0) is 25.0 Å². The van der Waals surface area contributed by atoms with Crippen molar-refractivity contribution in [3.05, 3.63) is 29.8 Å². The van der Waals surface area contributed by atoms with E-state index in [9.17, 15) is 9.59 Å². The van der Waals surface area contributed by atoms with E-state index in [1.54, 1.807) is 6.07 Å². The summed E-state index contributed by atoms with van der Waals surface area (Å²) in [6.07, 6.45) is 4.57. The standard InChI is InChI=1S/C16H24N2O3/c1-3-4-5-6-11-15(19)17-18-16(20)12-21-14-10-8-7-9-13(14)2/h7-10H,3-6,11-12H2,1-2H3,(H,17,19)(H,18,20). The van der Waals surface area contributed by atoms with E-state index in [2.05, 4.69) is 17.8 Å². The SMILES string of the molecule is CCCCCCC(=O)NNC(=O)COc1ccccc1C. The van der Waals surface area contributed by atoms with E-state index in [0.717, 1.165) is 31.2 Å². The van der Waals surface area contributed by atoms with Crippen molar-refractivity contribution in [1.82, 2.24) is 10.9 Å². The van der Waals surface area contributed by atoms with Gasteiger partial charge in [-0.15, -0.1) is 0 Å². The number of aryl methyl sites for hydroxylation is 1. The Kier molecular flexibility index (Phi) is 7.94. The van der Waals surface area contributed by atoms with Gasteiger partial charge in [0.2, 0.25) is 5.91 Å². The molecule has 0 aliphatic carbocycles. The number of nitrogens with one attached hydrogen (secondary N) is 2. The maximum atomic E-state index is 11.6. The highest BCUT2D eigenvalue weighted by Gasteiger charge is 2.06. The fourth-order valence-electron chi connectivity index (χ4n) is 1.81. The van der Waals surface area contributed by atoms with Crippen molar-refractivity contribution in [2.75, 3.05) is 6.61 Å². The Morgan fingerprint density at radius 3 is 2.48 bits per heavy atom. The van der Waals surface area contributed by atoms with E-state index >= 15 is 0 Å². The van der Waals surface area contributed by atoms with Crippen molar-refractivity contribution in [1.29, 1.82) is 0 Å². The van der Waals surface area contributed by atoms with Crippen LogP contribution in [-0.2, 0) is 9.59 Å². The van der Waals surface area contributed by atoms with Gasteiger partial charge >= 0.3 is 0 Å². The molecule has 5 nitrogen and oxygen atoms in total. The number of rotatable bonds is 8. The summed E-state index contributed by atoms with van der Waals surface area (Å²) in [5, 5.41) is 0. The van der Waals surface area contributed by atoms with Crippen LogP contribution in [0.3, 0.4) is 0 Å². The molecule has 0 atom stereocenters. The van der Waals surface area contributed by atoms with Crippen molar-refractivity contribution < 1.29 is 14.3 Å². The normalized spacial score (nSPS) is 10.0. The molecule has 0 aliphatic heterocycles. The van der Waals surface area contributed by atoms with E-state index < -0.39 is 0 Å². The summed E-state index contributed by atoms with van der Waals surface area (Å²) in [5.74, 6) is 0.119. The molecule has 0 saturated carbocycles. The second kappa shape index (κ2) is 9.80. The minimum absolute atomic E-state index is 0.124. The molecule has 1 aromatic carbocycles. The number of amides is 2. The number of benzene rings is 1. The summed E-state index contributed by atoms with van der Waals surface area (Å²) in [6.45, 7) is 3.90. The van der Waals surface area contributed by atoms with Gasteiger partial charge in [-0.3, -0.25) is 20.4 Å². The molecule has 0 unspecified atom stereocenters. The summed E-state index contributed by atoms with van der Waals surface area (Å²) < 4.78 is 5.38. The Hall–Kier alpha value is -2.04. The number of carbonyl (C=O) groups is 2. The van der Waals surface area contributed by atoms with Crippen LogP contribution in [0.25, 0.3) is 0 Å². The lowest BCUT2D eigenvalue weighted by atomic mass is 10.1. The first-order valence-electron chi connectivity index (χ1n) is 7.39. The lowest BCUT2D eigenvalue weighted by Gasteiger charge is -2.10. The molecule has 2 N–H and O–H groups in total. The summed E-state index contributed by atoms with van der Waals surface area (Å²) in [5.41, 5.74) is 5.70. The quantitative estimate of drug-likeness (QED) is 0.571. The molecular weight excluding hydrogens is 268 g/mol. The summed E-state index contributed by atoms with van der Waals surface area (Å²) in [4.78, 5) is 23.0. The monoisotopic (exact) mass is 292 g/mol. The molecule has 0 spiro atoms. The van der Waals surface area contributed by atoms with Crippen LogP contribution in [-0.4, -0.2) is 18.4 Å². The van der Waals surface area contributed by atoms with Crippen molar-refractivity contribution in [3.63, 3.8) is 0 Å². The Balaban J connectivity index is 2.16. The van der Waals surface area contributed by atoms with Crippen molar-refractivity contribution in [3.8, 4) is 5.75 Å². The van der Waals surface area contributed by atoms with E-state index in [4.69, 9.17) is 4.74 Å². The van der Waals surface area contributed by atoms with Gasteiger partial charge in [-0.1, -0.05) is 44.4 Å². The number of hydrazine groups is 1. The Morgan fingerprint density at radius 1 is 1.05 bits per heavy atom. The second-order valence-electron chi connectivity index (χ2n) is 4.96. The molecular formula is C16H24N2O3. The number of hydrogen-bond donors (Lipinski definition) is 2. The van der Waals surface area contributed by atoms with Gasteiger partial charge < -0.3 is 4.74 Å². The third kappa shape index (κ3) is 7.34. The maximum absolute atomic E-state index is 11.6. The van der Waals surface area contributed by atoms with Crippen molar-refractivity contribution in [2.24, 2.45) is 0 Å². The van der Waals surface area contributed by atoms with Gasteiger partial charge in [-0.2, -0.15) is 0 Å². The van der Waals surface area contributed by atoms with Crippen molar-refractivity contribution in [2.45, 2.75) is 46.0 Å². The van der Waals surface area contributed by atoms with Crippen LogP contribution in [0.1, 0.15) is 44.6 Å². The average molecular weight is 292 g/mol.